The molecule has 7 heteroatoms. The Morgan fingerprint density at radius 3 is 2.50 bits per heavy atom. The number of ketones is 1. The maximum absolute atomic E-state index is 12.1. The van der Waals surface area contributed by atoms with E-state index < -0.39 is 11.2 Å². The van der Waals surface area contributed by atoms with Crippen LogP contribution >= 0.6 is 11.3 Å². The average Bonchev–Trinajstić information content (AvgIpc) is 2.68. The van der Waals surface area contributed by atoms with Gasteiger partial charge in [-0.15, -0.1) is 11.3 Å². The third-order valence-corrected chi connectivity index (χ3v) is 4.10. The van der Waals surface area contributed by atoms with Crippen LogP contribution in [0.5, 0.6) is 0 Å². The van der Waals surface area contributed by atoms with Gasteiger partial charge in [0, 0.05) is 18.1 Å². The molecule has 20 heavy (non-hydrogen) atoms. The minimum atomic E-state index is -0.559. The second-order valence-corrected chi connectivity index (χ2v) is 5.90. The highest BCUT2D eigenvalue weighted by atomic mass is 32.1. The molecule has 0 unspecified atom stereocenters. The molecule has 0 aliphatic rings. The number of thiazole rings is 1. The lowest BCUT2D eigenvalue weighted by atomic mass is 10.2. The third-order valence-electron chi connectivity index (χ3n) is 3.05. The zero-order valence-corrected chi connectivity index (χ0v) is 12.6. The Bertz CT molecular complexity index is 798. The van der Waals surface area contributed by atoms with Crippen molar-refractivity contribution in [2.75, 3.05) is 0 Å². The molecule has 2 rings (SSSR count). The van der Waals surface area contributed by atoms with Gasteiger partial charge in [-0.25, -0.2) is 9.78 Å². The first-order valence-electron chi connectivity index (χ1n) is 6.05. The molecule has 2 aromatic rings. The van der Waals surface area contributed by atoms with Gasteiger partial charge in [-0.3, -0.25) is 18.7 Å². The summed E-state index contributed by atoms with van der Waals surface area (Å²) in [7, 11) is 1.37. The largest absolute Gasteiger partial charge is 0.331 e. The van der Waals surface area contributed by atoms with Crippen molar-refractivity contribution < 1.29 is 4.79 Å². The summed E-state index contributed by atoms with van der Waals surface area (Å²) < 4.78 is 2.33. The summed E-state index contributed by atoms with van der Waals surface area (Å²) in [5.41, 5.74) is -0.120. The Balaban J connectivity index is 2.58. The van der Waals surface area contributed by atoms with Crippen LogP contribution in [0.25, 0.3) is 0 Å². The first-order chi connectivity index (χ1) is 9.31. The predicted molar refractivity (Wildman–Crippen MR) is 76.6 cm³/mol. The molecule has 0 saturated heterocycles. The van der Waals surface area contributed by atoms with Crippen LogP contribution in [0, 0.1) is 13.8 Å². The molecule has 106 valence electrons. The number of hydrogen-bond acceptors (Lipinski definition) is 5. The highest BCUT2D eigenvalue weighted by Gasteiger charge is 2.14. The number of nitrogens with zero attached hydrogens (tertiary/aromatic N) is 3. The fraction of sp³-hybridized carbons (Fsp3) is 0.385. The van der Waals surface area contributed by atoms with E-state index in [-0.39, 0.29) is 11.3 Å². The van der Waals surface area contributed by atoms with Crippen LogP contribution in [0.15, 0.2) is 15.8 Å². The Labute approximate surface area is 119 Å². The van der Waals surface area contributed by atoms with Crippen LogP contribution in [0.1, 0.15) is 32.9 Å². The molecule has 0 radical (unpaired) electrons. The lowest BCUT2D eigenvalue weighted by molar-refractivity contribution is 0.101. The molecule has 0 amide bonds. The summed E-state index contributed by atoms with van der Waals surface area (Å²) >= 11 is 1.50. The van der Waals surface area contributed by atoms with Gasteiger partial charge in [0.05, 0.1) is 22.8 Å². The van der Waals surface area contributed by atoms with Crippen molar-refractivity contribution in [3.63, 3.8) is 0 Å². The molecule has 2 aromatic heterocycles. The average molecular weight is 293 g/mol. The normalized spacial score (nSPS) is 10.8. The van der Waals surface area contributed by atoms with Gasteiger partial charge in [0.15, 0.2) is 5.78 Å². The molecule has 0 atom stereocenters. The van der Waals surface area contributed by atoms with E-state index in [1.165, 1.54) is 36.1 Å². The van der Waals surface area contributed by atoms with Gasteiger partial charge in [-0.05, 0) is 20.8 Å². The Morgan fingerprint density at radius 1 is 1.35 bits per heavy atom. The number of carbonyl (C=O) groups is 1. The Hall–Kier alpha value is -2.02. The summed E-state index contributed by atoms with van der Waals surface area (Å²) in [4.78, 5) is 40.6. The van der Waals surface area contributed by atoms with Gasteiger partial charge in [-0.2, -0.15) is 0 Å². The van der Waals surface area contributed by atoms with Gasteiger partial charge < -0.3 is 0 Å². The fourth-order valence-electron chi connectivity index (χ4n) is 1.96. The second kappa shape index (κ2) is 5.16. The SMILES string of the molecule is CC(=O)c1cn(Cc2sc(C)nc2C)c(=O)n(C)c1=O. The molecule has 2 heterocycles. The Kier molecular flexibility index (Phi) is 3.71. The maximum Gasteiger partial charge on any atom is 0.331 e. The summed E-state index contributed by atoms with van der Waals surface area (Å²) in [6.07, 6.45) is 1.33. The van der Waals surface area contributed by atoms with Gasteiger partial charge in [-0.1, -0.05) is 0 Å². The molecule has 0 N–H and O–H groups in total. The van der Waals surface area contributed by atoms with Gasteiger partial charge in [0.25, 0.3) is 5.56 Å². The summed E-state index contributed by atoms with van der Waals surface area (Å²) in [5.74, 6) is -0.350. The van der Waals surface area contributed by atoms with Crippen molar-refractivity contribution in [1.82, 2.24) is 14.1 Å². The van der Waals surface area contributed by atoms with Crippen LogP contribution in [-0.2, 0) is 13.6 Å². The summed E-state index contributed by atoms with van der Waals surface area (Å²) in [5, 5.41) is 0.919. The van der Waals surface area contributed by atoms with Crippen molar-refractivity contribution >= 4 is 17.1 Å². The minimum absolute atomic E-state index is 0.0194. The zero-order valence-electron chi connectivity index (χ0n) is 11.8. The molecule has 0 aliphatic carbocycles. The van der Waals surface area contributed by atoms with Crippen molar-refractivity contribution in [2.24, 2.45) is 7.05 Å². The monoisotopic (exact) mass is 293 g/mol. The molecule has 0 aliphatic heterocycles. The molecule has 0 bridgehead atoms. The second-order valence-electron chi connectivity index (χ2n) is 4.62. The van der Waals surface area contributed by atoms with Crippen LogP contribution in [0.4, 0.5) is 0 Å². The van der Waals surface area contributed by atoms with E-state index in [0.29, 0.717) is 6.54 Å². The molecule has 0 saturated carbocycles. The van der Waals surface area contributed by atoms with Crippen LogP contribution in [0.2, 0.25) is 0 Å². The van der Waals surface area contributed by atoms with Gasteiger partial charge >= 0.3 is 5.69 Å². The first kappa shape index (κ1) is 14.4. The van der Waals surface area contributed by atoms with E-state index in [2.05, 4.69) is 4.98 Å². The number of hydrogen-bond donors (Lipinski definition) is 0. The van der Waals surface area contributed by atoms with Gasteiger partial charge in [0.2, 0.25) is 0 Å². The highest BCUT2D eigenvalue weighted by molar-refractivity contribution is 7.11. The zero-order chi connectivity index (χ0) is 15.0. The quantitative estimate of drug-likeness (QED) is 0.787. The van der Waals surface area contributed by atoms with E-state index >= 15 is 0 Å². The summed E-state index contributed by atoms with van der Waals surface area (Å²) in [6, 6.07) is 0. The highest BCUT2D eigenvalue weighted by Crippen LogP contribution is 2.17. The number of aromatic nitrogens is 3. The number of carbonyl (C=O) groups excluding carboxylic acids is 1. The maximum atomic E-state index is 12.1. The number of rotatable bonds is 3. The van der Waals surface area contributed by atoms with Crippen LogP contribution < -0.4 is 11.2 Å². The minimum Gasteiger partial charge on any atom is -0.294 e. The molecule has 0 aromatic carbocycles. The molecular formula is C13H15N3O3S. The van der Waals surface area contributed by atoms with Crippen molar-refractivity contribution in [3.8, 4) is 0 Å². The smallest absolute Gasteiger partial charge is 0.294 e. The van der Waals surface area contributed by atoms with Crippen LogP contribution in [0.3, 0.4) is 0 Å². The van der Waals surface area contributed by atoms with Crippen molar-refractivity contribution in [1.29, 1.82) is 0 Å². The molecule has 0 spiro atoms. The predicted octanol–water partition coefficient (Wildman–Crippen LogP) is 0.871. The summed E-state index contributed by atoms with van der Waals surface area (Å²) in [6.45, 7) is 5.39. The van der Waals surface area contributed by atoms with Crippen molar-refractivity contribution in [3.05, 3.63) is 48.2 Å². The van der Waals surface area contributed by atoms with E-state index in [1.54, 1.807) is 0 Å². The molecular weight excluding hydrogens is 278 g/mol. The Morgan fingerprint density at radius 2 is 2.00 bits per heavy atom. The third kappa shape index (κ3) is 2.49. The van der Waals surface area contributed by atoms with Crippen LogP contribution in [-0.4, -0.2) is 19.9 Å². The van der Waals surface area contributed by atoms with E-state index in [1.807, 2.05) is 13.8 Å². The fourth-order valence-corrected chi connectivity index (χ4v) is 2.89. The number of aryl methyl sites for hydroxylation is 2. The molecule has 0 fully saturated rings. The first-order valence-corrected chi connectivity index (χ1v) is 6.87. The number of Topliss-reactive ketones (excluding diaryl/α,β-unsaturated/α-hetero) is 1. The van der Waals surface area contributed by atoms with Crippen molar-refractivity contribution in [2.45, 2.75) is 27.3 Å². The van der Waals surface area contributed by atoms with E-state index in [9.17, 15) is 14.4 Å². The molecule has 6 nitrogen and oxygen atoms in total. The lowest BCUT2D eigenvalue weighted by Gasteiger charge is -2.08. The topological polar surface area (TPSA) is 74.0 Å². The van der Waals surface area contributed by atoms with E-state index in [0.717, 1.165) is 20.1 Å². The van der Waals surface area contributed by atoms with Gasteiger partial charge in [0.1, 0.15) is 0 Å². The van der Waals surface area contributed by atoms with E-state index in [4.69, 9.17) is 0 Å². The standard InChI is InChI=1S/C13H15N3O3S/c1-7-11(20-9(3)14-7)6-16-5-10(8(2)17)12(18)15(4)13(16)19/h5H,6H2,1-4H3. The lowest BCUT2D eigenvalue weighted by Crippen LogP contribution is -2.40.